The monoisotopic (exact) mass is 317 g/mol. The van der Waals surface area contributed by atoms with Gasteiger partial charge in [0.1, 0.15) is 5.82 Å². The molecule has 0 bridgehead atoms. The van der Waals surface area contributed by atoms with Gasteiger partial charge >= 0.3 is 5.97 Å². The van der Waals surface area contributed by atoms with Crippen LogP contribution < -0.4 is 0 Å². The first-order valence-corrected chi connectivity index (χ1v) is 5.73. The second-order valence-corrected chi connectivity index (χ2v) is 4.46. The van der Waals surface area contributed by atoms with Crippen LogP contribution in [0.25, 0.3) is 10.9 Å². The Bertz CT molecular complexity index is 618. The van der Waals surface area contributed by atoms with Gasteiger partial charge in [-0.1, -0.05) is 11.6 Å². The SMILES string of the molecule is COC(=O)c1cnc2cc(F)cc(Cl)c2c1Br. The lowest BCUT2D eigenvalue weighted by Crippen LogP contribution is -2.03. The summed E-state index contributed by atoms with van der Waals surface area (Å²) in [4.78, 5) is 15.4. The molecule has 0 saturated carbocycles. The average molecular weight is 319 g/mol. The zero-order valence-corrected chi connectivity index (χ0v) is 11.0. The van der Waals surface area contributed by atoms with Gasteiger partial charge in [-0.3, -0.25) is 4.98 Å². The number of pyridine rings is 1. The molecule has 0 aliphatic carbocycles. The lowest BCUT2D eigenvalue weighted by atomic mass is 10.1. The average Bonchev–Trinajstić information content (AvgIpc) is 2.27. The molecule has 1 heterocycles. The van der Waals surface area contributed by atoms with Crippen LogP contribution in [-0.4, -0.2) is 18.1 Å². The van der Waals surface area contributed by atoms with Crippen LogP contribution in [0.1, 0.15) is 10.4 Å². The Hall–Kier alpha value is -1.20. The lowest BCUT2D eigenvalue weighted by molar-refractivity contribution is 0.0599. The first-order valence-electron chi connectivity index (χ1n) is 4.56. The van der Waals surface area contributed by atoms with Gasteiger partial charge in [0, 0.05) is 22.1 Å². The zero-order valence-electron chi connectivity index (χ0n) is 8.63. The minimum Gasteiger partial charge on any atom is -0.465 e. The van der Waals surface area contributed by atoms with E-state index in [2.05, 4.69) is 25.7 Å². The fraction of sp³-hybridized carbons (Fsp3) is 0.0909. The van der Waals surface area contributed by atoms with Crippen molar-refractivity contribution in [2.24, 2.45) is 0 Å². The Morgan fingerprint density at radius 2 is 2.24 bits per heavy atom. The van der Waals surface area contributed by atoms with Crippen molar-refractivity contribution in [3.05, 3.63) is 39.2 Å². The molecular formula is C11H6BrClFNO2. The van der Waals surface area contributed by atoms with Gasteiger partial charge in [0.05, 0.1) is 23.2 Å². The van der Waals surface area contributed by atoms with Crippen LogP contribution in [0.5, 0.6) is 0 Å². The molecule has 1 aromatic carbocycles. The van der Waals surface area contributed by atoms with Gasteiger partial charge < -0.3 is 4.74 Å². The molecule has 0 saturated heterocycles. The van der Waals surface area contributed by atoms with E-state index in [0.717, 1.165) is 6.07 Å². The third-order valence-electron chi connectivity index (χ3n) is 2.23. The number of hydrogen-bond donors (Lipinski definition) is 0. The van der Waals surface area contributed by atoms with Gasteiger partial charge in [0.15, 0.2) is 0 Å². The number of fused-ring (bicyclic) bond motifs is 1. The van der Waals surface area contributed by atoms with E-state index in [1.807, 2.05) is 0 Å². The van der Waals surface area contributed by atoms with Crippen molar-refractivity contribution < 1.29 is 13.9 Å². The van der Waals surface area contributed by atoms with E-state index < -0.39 is 11.8 Å². The first kappa shape index (κ1) is 12.3. The van der Waals surface area contributed by atoms with Crippen molar-refractivity contribution in [1.29, 1.82) is 0 Å². The Labute approximate surface area is 110 Å². The van der Waals surface area contributed by atoms with Gasteiger partial charge in [-0.05, 0) is 22.0 Å². The third kappa shape index (κ3) is 2.12. The normalized spacial score (nSPS) is 10.6. The van der Waals surface area contributed by atoms with Crippen molar-refractivity contribution in [1.82, 2.24) is 4.98 Å². The molecule has 0 radical (unpaired) electrons. The summed E-state index contributed by atoms with van der Waals surface area (Å²) in [6.07, 6.45) is 1.31. The van der Waals surface area contributed by atoms with Crippen LogP contribution >= 0.6 is 27.5 Å². The number of methoxy groups -OCH3 is 1. The number of carbonyl (C=O) groups is 1. The Balaban J connectivity index is 2.80. The van der Waals surface area contributed by atoms with Gasteiger partial charge in [0.25, 0.3) is 0 Å². The Morgan fingerprint density at radius 1 is 1.53 bits per heavy atom. The summed E-state index contributed by atoms with van der Waals surface area (Å²) in [6.45, 7) is 0. The van der Waals surface area contributed by atoms with Gasteiger partial charge in [-0.2, -0.15) is 0 Å². The summed E-state index contributed by atoms with van der Waals surface area (Å²) in [7, 11) is 1.27. The quantitative estimate of drug-likeness (QED) is 0.755. The second kappa shape index (κ2) is 4.58. The smallest absolute Gasteiger partial charge is 0.340 e. The highest BCUT2D eigenvalue weighted by Gasteiger charge is 2.16. The van der Waals surface area contributed by atoms with E-state index in [9.17, 15) is 9.18 Å². The summed E-state index contributed by atoms with van der Waals surface area (Å²) in [5.74, 6) is -1.01. The van der Waals surface area contributed by atoms with E-state index in [4.69, 9.17) is 11.6 Å². The standard InChI is InChI=1S/C11H6BrClFNO2/c1-17-11(16)6-4-15-8-3-5(14)2-7(13)9(8)10(6)12/h2-4H,1H3. The zero-order chi connectivity index (χ0) is 12.6. The molecule has 0 aliphatic heterocycles. The number of rotatable bonds is 1. The molecule has 6 heteroatoms. The minimum absolute atomic E-state index is 0.185. The van der Waals surface area contributed by atoms with Crippen molar-refractivity contribution in [3.63, 3.8) is 0 Å². The molecule has 2 aromatic rings. The summed E-state index contributed by atoms with van der Waals surface area (Å²) in [6, 6.07) is 2.41. The number of hydrogen-bond acceptors (Lipinski definition) is 3. The van der Waals surface area contributed by atoms with Crippen molar-refractivity contribution in [2.75, 3.05) is 7.11 Å². The molecule has 0 aliphatic rings. The van der Waals surface area contributed by atoms with E-state index in [1.54, 1.807) is 0 Å². The highest BCUT2D eigenvalue weighted by atomic mass is 79.9. The lowest BCUT2D eigenvalue weighted by Gasteiger charge is -2.07. The summed E-state index contributed by atoms with van der Waals surface area (Å²) in [5.41, 5.74) is 0.614. The summed E-state index contributed by atoms with van der Waals surface area (Å²) < 4.78 is 18.2. The molecule has 0 fully saturated rings. The molecule has 17 heavy (non-hydrogen) atoms. The minimum atomic E-state index is -0.535. The topological polar surface area (TPSA) is 39.2 Å². The van der Waals surface area contributed by atoms with Gasteiger partial charge in [0.2, 0.25) is 0 Å². The summed E-state index contributed by atoms with van der Waals surface area (Å²) in [5, 5.41) is 0.668. The number of ether oxygens (including phenoxy) is 1. The van der Waals surface area contributed by atoms with Crippen molar-refractivity contribution in [2.45, 2.75) is 0 Å². The Morgan fingerprint density at radius 3 is 2.88 bits per heavy atom. The third-order valence-corrected chi connectivity index (χ3v) is 3.35. The van der Waals surface area contributed by atoms with E-state index >= 15 is 0 Å². The van der Waals surface area contributed by atoms with Gasteiger partial charge in [-0.25, -0.2) is 9.18 Å². The van der Waals surface area contributed by atoms with E-state index in [1.165, 1.54) is 19.4 Å². The van der Waals surface area contributed by atoms with Crippen LogP contribution in [-0.2, 0) is 4.74 Å². The molecule has 0 atom stereocenters. The van der Waals surface area contributed by atoms with Crippen molar-refractivity contribution in [3.8, 4) is 0 Å². The van der Waals surface area contributed by atoms with Crippen LogP contribution in [0.3, 0.4) is 0 Å². The first-order chi connectivity index (χ1) is 8.04. The number of carbonyl (C=O) groups excluding carboxylic acids is 1. The second-order valence-electron chi connectivity index (χ2n) is 3.26. The molecule has 0 unspecified atom stereocenters. The highest BCUT2D eigenvalue weighted by molar-refractivity contribution is 9.10. The molecule has 0 amide bonds. The number of nitrogens with zero attached hydrogens (tertiary/aromatic N) is 1. The molecule has 0 N–H and O–H groups in total. The number of esters is 1. The fourth-order valence-electron chi connectivity index (χ4n) is 1.46. The molecule has 88 valence electrons. The molecule has 1 aromatic heterocycles. The number of aromatic nitrogens is 1. The predicted octanol–water partition coefficient (Wildman–Crippen LogP) is 3.58. The number of benzene rings is 1. The summed E-state index contributed by atoms with van der Waals surface area (Å²) >= 11 is 9.18. The van der Waals surface area contributed by atoms with E-state index in [0.29, 0.717) is 15.4 Å². The van der Waals surface area contributed by atoms with Gasteiger partial charge in [-0.15, -0.1) is 0 Å². The van der Waals surface area contributed by atoms with Crippen LogP contribution in [0.2, 0.25) is 5.02 Å². The Kier molecular flexibility index (Phi) is 3.31. The maximum atomic E-state index is 13.1. The maximum Gasteiger partial charge on any atom is 0.340 e. The number of halogens is 3. The van der Waals surface area contributed by atoms with Crippen molar-refractivity contribution >= 4 is 44.4 Å². The predicted molar refractivity (Wildman–Crippen MR) is 65.8 cm³/mol. The highest BCUT2D eigenvalue weighted by Crippen LogP contribution is 2.32. The largest absolute Gasteiger partial charge is 0.465 e. The molecule has 0 spiro atoms. The molecule has 2 rings (SSSR count). The molecular weight excluding hydrogens is 312 g/mol. The maximum absolute atomic E-state index is 13.1. The van der Waals surface area contributed by atoms with Crippen LogP contribution in [0.15, 0.2) is 22.8 Å². The molecule has 3 nitrogen and oxygen atoms in total. The van der Waals surface area contributed by atoms with E-state index in [-0.39, 0.29) is 10.6 Å². The van der Waals surface area contributed by atoms with Crippen LogP contribution in [0, 0.1) is 5.82 Å². The fourth-order valence-corrected chi connectivity index (χ4v) is 2.55. The van der Waals surface area contributed by atoms with Crippen LogP contribution in [0.4, 0.5) is 4.39 Å².